The van der Waals surface area contributed by atoms with Gasteiger partial charge in [-0.05, 0) is 36.8 Å². The molecule has 8 heteroatoms. The fraction of sp³-hybridized carbons (Fsp3) is 0.286. The van der Waals surface area contributed by atoms with Crippen molar-refractivity contribution in [3.05, 3.63) is 54.1 Å². The molecule has 2 aromatic carbocycles. The third-order valence-electron chi connectivity index (χ3n) is 4.78. The Bertz CT molecular complexity index is 994. The SMILES string of the molecule is Cc1cccc(NC(=O)N2CCN(C(=O)CSc3nc4ccccc4o3)CC2)c1. The fourth-order valence-electron chi connectivity index (χ4n) is 3.21. The summed E-state index contributed by atoms with van der Waals surface area (Å²) in [6.45, 7) is 4.05. The summed E-state index contributed by atoms with van der Waals surface area (Å²) in [5.41, 5.74) is 3.38. The third kappa shape index (κ3) is 4.71. The van der Waals surface area contributed by atoms with Gasteiger partial charge in [-0.3, -0.25) is 4.79 Å². The number of carbonyl (C=O) groups is 2. The van der Waals surface area contributed by atoms with E-state index in [1.807, 2.05) is 55.5 Å². The lowest BCUT2D eigenvalue weighted by Gasteiger charge is -2.34. The number of hydrogen-bond acceptors (Lipinski definition) is 5. The number of urea groups is 1. The minimum absolute atomic E-state index is 0.0241. The van der Waals surface area contributed by atoms with Crippen molar-refractivity contribution in [3.8, 4) is 0 Å². The van der Waals surface area contributed by atoms with E-state index in [-0.39, 0.29) is 17.7 Å². The molecule has 4 rings (SSSR count). The highest BCUT2D eigenvalue weighted by molar-refractivity contribution is 7.99. The molecule has 3 amide bonds. The molecule has 150 valence electrons. The second-order valence-electron chi connectivity index (χ2n) is 6.90. The molecule has 0 saturated carbocycles. The van der Waals surface area contributed by atoms with Gasteiger partial charge in [0.25, 0.3) is 5.22 Å². The normalized spacial score (nSPS) is 14.2. The van der Waals surface area contributed by atoms with Crippen LogP contribution in [0.4, 0.5) is 10.5 Å². The molecular weight excluding hydrogens is 388 g/mol. The Hall–Kier alpha value is -3.00. The summed E-state index contributed by atoms with van der Waals surface area (Å²) in [5, 5.41) is 3.41. The number of oxazole rings is 1. The van der Waals surface area contributed by atoms with Crippen LogP contribution in [-0.4, -0.2) is 58.7 Å². The molecule has 0 atom stereocenters. The molecule has 0 aliphatic carbocycles. The zero-order valence-electron chi connectivity index (χ0n) is 16.1. The molecule has 1 aliphatic rings. The topological polar surface area (TPSA) is 78.7 Å². The number of nitrogens with one attached hydrogen (secondary N) is 1. The standard InChI is InChI=1S/C21H22N4O3S/c1-15-5-4-6-16(13-15)22-20(27)25-11-9-24(10-12-25)19(26)14-29-21-23-17-7-2-3-8-18(17)28-21/h2-8,13H,9-12,14H2,1H3,(H,22,27). The largest absolute Gasteiger partial charge is 0.431 e. The van der Waals surface area contributed by atoms with Gasteiger partial charge in [-0.1, -0.05) is 36.0 Å². The summed E-state index contributed by atoms with van der Waals surface area (Å²) in [7, 11) is 0. The van der Waals surface area contributed by atoms with E-state index < -0.39 is 0 Å². The number of aromatic nitrogens is 1. The molecule has 1 aliphatic heterocycles. The molecule has 1 saturated heterocycles. The zero-order valence-corrected chi connectivity index (χ0v) is 16.9. The Morgan fingerprint density at radius 3 is 2.59 bits per heavy atom. The van der Waals surface area contributed by atoms with Gasteiger partial charge >= 0.3 is 6.03 Å². The van der Waals surface area contributed by atoms with Crippen LogP contribution in [0.15, 0.2) is 58.2 Å². The molecule has 2 heterocycles. The second-order valence-corrected chi connectivity index (χ2v) is 7.83. The second kappa shape index (κ2) is 8.57. The van der Waals surface area contributed by atoms with Crippen LogP contribution in [0.3, 0.4) is 0 Å². The summed E-state index contributed by atoms with van der Waals surface area (Å²) < 4.78 is 5.64. The van der Waals surface area contributed by atoms with Gasteiger partial charge in [0.1, 0.15) is 5.52 Å². The molecular formula is C21H22N4O3S. The van der Waals surface area contributed by atoms with Gasteiger partial charge < -0.3 is 19.5 Å². The van der Waals surface area contributed by atoms with E-state index in [0.29, 0.717) is 31.4 Å². The first-order chi connectivity index (χ1) is 14.1. The lowest BCUT2D eigenvalue weighted by molar-refractivity contribution is -0.129. The Labute approximate surface area is 173 Å². The predicted molar refractivity (Wildman–Crippen MR) is 113 cm³/mol. The number of hydrogen-bond donors (Lipinski definition) is 1. The molecule has 1 aromatic heterocycles. The van der Waals surface area contributed by atoms with Crippen LogP contribution in [0.1, 0.15) is 5.56 Å². The Kier molecular flexibility index (Phi) is 5.71. The van der Waals surface area contributed by atoms with Gasteiger partial charge in [0.05, 0.1) is 5.75 Å². The number of para-hydroxylation sites is 2. The van der Waals surface area contributed by atoms with Gasteiger partial charge in [-0.15, -0.1) is 0 Å². The quantitative estimate of drug-likeness (QED) is 0.665. The summed E-state index contributed by atoms with van der Waals surface area (Å²) in [5.74, 6) is 0.290. The molecule has 7 nitrogen and oxygen atoms in total. The van der Waals surface area contributed by atoms with Gasteiger partial charge in [-0.25, -0.2) is 9.78 Å². The molecule has 0 bridgehead atoms. The van der Waals surface area contributed by atoms with E-state index >= 15 is 0 Å². The third-order valence-corrected chi connectivity index (χ3v) is 5.60. The average Bonchev–Trinajstić information content (AvgIpc) is 3.15. The van der Waals surface area contributed by atoms with E-state index in [9.17, 15) is 9.59 Å². The predicted octanol–water partition coefficient (Wildman–Crippen LogP) is 3.60. The van der Waals surface area contributed by atoms with E-state index in [2.05, 4.69) is 10.3 Å². The molecule has 1 N–H and O–H groups in total. The maximum atomic E-state index is 12.5. The monoisotopic (exact) mass is 410 g/mol. The van der Waals surface area contributed by atoms with E-state index in [4.69, 9.17) is 4.42 Å². The maximum Gasteiger partial charge on any atom is 0.321 e. The van der Waals surface area contributed by atoms with Crippen molar-refractivity contribution < 1.29 is 14.0 Å². The van der Waals surface area contributed by atoms with Gasteiger partial charge in [0.2, 0.25) is 5.91 Å². The lowest BCUT2D eigenvalue weighted by atomic mass is 10.2. The highest BCUT2D eigenvalue weighted by atomic mass is 32.2. The number of aryl methyl sites for hydroxylation is 1. The summed E-state index contributed by atoms with van der Waals surface area (Å²) >= 11 is 1.30. The van der Waals surface area contributed by atoms with Crippen LogP contribution < -0.4 is 5.32 Å². The number of piperazine rings is 1. The number of amides is 3. The van der Waals surface area contributed by atoms with Crippen molar-refractivity contribution in [1.29, 1.82) is 0 Å². The van der Waals surface area contributed by atoms with Crippen molar-refractivity contribution in [2.75, 3.05) is 37.2 Å². The van der Waals surface area contributed by atoms with Crippen molar-refractivity contribution in [3.63, 3.8) is 0 Å². The van der Waals surface area contributed by atoms with Gasteiger partial charge in [0, 0.05) is 31.9 Å². The van der Waals surface area contributed by atoms with Crippen LogP contribution in [0, 0.1) is 6.92 Å². The molecule has 3 aromatic rings. The van der Waals surface area contributed by atoms with Crippen LogP contribution in [-0.2, 0) is 4.79 Å². The number of rotatable bonds is 4. The van der Waals surface area contributed by atoms with Crippen molar-refractivity contribution in [2.45, 2.75) is 12.1 Å². The van der Waals surface area contributed by atoms with Crippen molar-refractivity contribution in [1.82, 2.24) is 14.8 Å². The minimum atomic E-state index is -0.136. The van der Waals surface area contributed by atoms with Crippen molar-refractivity contribution >= 4 is 40.5 Å². The molecule has 0 spiro atoms. The first kappa shape index (κ1) is 19.3. The minimum Gasteiger partial charge on any atom is -0.431 e. The molecule has 0 radical (unpaired) electrons. The number of fused-ring (bicyclic) bond motifs is 1. The average molecular weight is 410 g/mol. The summed E-state index contributed by atoms with van der Waals surface area (Å²) in [6, 6.07) is 15.1. The van der Waals surface area contributed by atoms with Crippen LogP contribution in [0.5, 0.6) is 0 Å². The first-order valence-electron chi connectivity index (χ1n) is 9.47. The Morgan fingerprint density at radius 1 is 1.07 bits per heavy atom. The van der Waals surface area contributed by atoms with E-state index in [1.54, 1.807) is 9.80 Å². The molecule has 29 heavy (non-hydrogen) atoms. The highest BCUT2D eigenvalue weighted by Gasteiger charge is 2.24. The van der Waals surface area contributed by atoms with Gasteiger partial charge in [0.15, 0.2) is 5.58 Å². The van der Waals surface area contributed by atoms with Crippen LogP contribution in [0.25, 0.3) is 11.1 Å². The van der Waals surface area contributed by atoms with E-state index in [0.717, 1.165) is 22.4 Å². The Balaban J connectivity index is 1.25. The first-order valence-corrected chi connectivity index (χ1v) is 10.5. The Morgan fingerprint density at radius 2 is 1.83 bits per heavy atom. The van der Waals surface area contributed by atoms with Crippen LogP contribution in [0.2, 0.25) is 0 Å². The lowest BCUT2D eigenvalue weighted by Crippen LogP contribution is -2.52. The number of benzene rings is 2. The van der Waals surface area contributed by atoms with E-state index in [1.165, 1.54) is 11.8 Å². The van der Waals surface area contributed by atoms with Crippen LogP contribution >= 0.6 is 11.8 Å². The molecule has 0 unspecified atom stereocenters. The van der Waals surface area contributed by atoms with Gasteiger partial charge in [-0.2, -0.15) is 0 Å². The summed E-state index contributed by atoms with van der Waals surface area (Å²) in [6.07, 6.45) is 0. The number of anilines is 1. The van der Waals surface area contributed by atoms with Crippen molar-refractivity contribution in [2.24, 2.45) is 0 Å². The summed E-state index contributed by atoms with van der Waals surface area (Å²) in [4.78, 5) is 32.8. The smallest absolute Gasteiger partial charge is 0.321 e. The number of nitrogens with zero attached hydrogens (tertiary/aromatic N) is 3. The molecule has 1 fully saturated rings. The zero-order chi connectivity index (χ0) is 20.2. The fourth-order valence-corrected chi connectivity index (χ4v) is 3.95. The number of carbonyl (C=O) groups excluding carboxylic acids is 2. The number of thioether (sulfide) groups is 1. The highest BCUT2D eigenvalue weighted by Crippen LogP contribution is 2.23. The maximum absolute atomic E-state index is 12.5.